The molecule has 1 heterocycles. The van der Waals surface area contributed by atoms with Crippen LogP contribution in [0.25, 0.3) is 0 Å². The molecule has 1 aliphatic heterocycles. The summed E-state index contributed by atoms with van der Waals surface area (Å²) in [6.07, 6.45) is 0.457. The summed E-state index contributed by atoms with van der Waals surface area (Å²) in [5.74, 6) is 0. The normalized spacial score (nSPS) is 22.2. The van der Waals surface area contributed by atoms with Gasteiger partial charge in [0.25, 0.3) is 0 Å². The van der Waals surface area contributed by atoms with Gasteiger partial charge in [-0.3, -0.25) is 0 Å². The molecule has 0 bridgehead atoms. The fraction of sp³-hybridized carbons (Fsp3) is 0.684. The van der Waals surface area contributed by atoms with E-state index in [2.05, 4.69) is 47.9 Å². The minimum atomic E-state index is -0.480. The van der Waals surface area contributed by atoms with Gasteiger partial charge < -0.3 is 24.7 Å². The van der Waals surface area contributed by atoms with Crippen LogP contribution in [0.4, 0.5) is 5.69 Å². The van der Waals surface area contributed by atoms with Gasteiger partial charge in [-0.2, -0.15) is 0 Å². The van der Waals surface area contributed by atoms with Gasteiger partial charge in [0.15, 0.2) is 0 Å². The Balaban J connectivity index is 2.11. The molecule has 0 aromatic heterocycles. The number of aliphatic hydroxyl groups excluding tert-OH is 2. The van der Waals surface area contributed by atoms with E-state index in [9.17, 15) is 10.2 Å². The summed E-state index contributed by atoms with van der Waals surface area (Å²) >= 11 is 0. The summed E-state index contributed by atoms with van der Waals surface area (Å²) in [6.45, 7) is 9.32. The first-order valence-electron chi connectivity index (χ1n) is 8.75. The number of hydrogen-bond donors (Lipinski definition) is 2. The van der Waals surface area contributed by atoms with Crippen LogP contribution in [-0.4, -0.2) is 67.2 Å². The van der Waals surface area contributed by atoms with Crippen molar-refractivity contribution in [2.24, 2.45) is 5.41 Å². The fourth-order valence-corrected chi connectivity index (χ4v) is 3.48. The third kappa shape index (κ3) is 4.93. The predicted molar refractivity (Wildman–Crippen MR) is 97.3 cm³/mol. The van der Waals surface area contributed by atoms with Gasteiger partial charge in [0, 0.05) is 37.3 Å². The molecule has 1 fully saturated rings. The summed E-state index contributed by atoms with van der Waals surface area (Å²) < 4.78 is 5.85. The molecule has 1 aromatic rings. The van der Waals surface area contributed by atoms with Gasteiger partial charge in [-0.05, 0) is 32.5 Å². The number of hydrogen-bond acceptors (Lipinski definition) is 5. The standard InChI is InChI=1S/C19H32N2O3/c1-15-9-21(10-16(2)24-15)18-8-6-5-7-17(18)11-20(4)12-19(3,13-22)14-23/h5-8,15-16,22-23H,9-14H2,1-4H3. The zero-order chi connectivity index (χ0) is 17.7. The van der Waals surface area contributed by atoms with Crippen LogP contribution in [-0.2, 0) is 11.3 Å². The Morgan fingerprint density at radius 2 is 1.75 bits per heavy atom. The topological polar surface area (TPSA) is 56.2 Å². The highest BCUT2D eigenvalue weighted by atomic mass is 16.5. The number of ether oxygens (including phenoxy) is 1. The second-order valence-corrected chi connectivity index (χ2v) is 7.59. The zero-order valence-corrected chi connectivity index (χ0v) is 15.4. The second-order valence-electron chi connectivity index (χ2n) is 7.59. The third-order valence-corrected chi connectivity index (χ3v) is 4.61. The van der Waals surface area contributed by atoms with Crippen molar-refractivity contribution in [1.29, 1.82) is 0 Å². The molecule has 2 unspecified atom stereocenters. The van der Waals surface area contributed by atoms with Gasteiger partial charge in [0.2, 0.25) is 0 Å². The Morgan fingerprint density at radius 3 is 2.33 bits per heavy atom. The van der Waals surface area contributed by atoms with E-state index in [0.717, 1.165) is 19.6 Å². The van der Waals surface area contributed by atoms with E-state index in [4.69, 9.17) is 4.74 Å². The van der Waals surface area contributed by atoms with E-state index in [-0.39, 0.29) is 25.4 Å². The Bertz CT molecular complexity index is 509. The first-order chi connectivity index (χ1) is 11.4. The SMILES string of the molecule is CC1CN(c2ccccc2CN(C)CC(C)(CO)CO)CC(C)O1. The van der Waals surface area contributed by atoms with Crippen LogP contribution in [0.15, 0.2) is 24.3 Å². The first kappa shape index (κ1) is 19.2. The number of rotatable bonds is 7. The van der Waals surface area contributed by atoms with E-state index in [1.165, 1.54) is 11.3 Å². The maximum Gasteiger partial charge on any atom is 0.0726 e. The van der Waals surface area contributed by atoms with Crippen molar-refractivity contribution in [3.05, 3.63) is 29.8 Å². The molecular weight excluding hydrogens is 304 g/mol. The highest BCUT2D eigenvalue weighted by molar-refractivity contribution is 5.54. The Hall–Kier alpha value is -1.14. The van der Waals surface area contributed by atoms with Crippen LogP contribution in [0.2, 0.25) is 0 Å². The smallest absolute Gasteiger partial charge is 0.0726 e. The lowest BCUT2D eigenvalue weighted by Crippen LogP contribution is -2.46. The molecule has 1 aliphatic rings. The molecule has 24 heavy (non-hydrogen) atoms. The molecule has 0 spiro atoms. The molecular formula is C19H32N2O3. The summed E-state index contributed by atoms with van der Waals surface area (Å²) in [7, 11) is 2.03. The van der Waals surface area contributed by atoms with Crippen molar-refractivity contribution in [3.63, 3.8) is 0 Å². The summed E-state index contributed by atoms with van der Waals surface area (Å²) in [6, 6.07) is 8.48. The monoisotopic (exact) mass is 336 g/mol. The number of para-hydroxylation sites is 1. The molecule has 0 radical (unpaired) electrons. The van der Waals surface area contributed by atoms with Crippen LogP contribution < -0.4 is 4.90 Å². The number of nitrogens with zero attached hydrogens (tertiary/aromatic N) is 2. The predicted octanol–water partition coefficient (Wildman–Crippen LogP) is 1.72. The van der Waals surface area contributed by atoms with Crippen molar-refractivity contribution < 1.29 is 14.9 Å². The molecule has 2 rings (SSSR count). The Labute approximate surface area is 145 Å². The zero-order valence-electron chi connectivity index (χ0n) is 15.4. The average Bonchev–Trinajstić information content (AvgIpc) is 2.54. The molecule has 0 aliphatic carbocycles. The summed E-state index contributed by atoms with van der Waals surface area (Å²) in [4.78, 5) is 4.57. The van der Waals surface area contributed by atoms with Gasteiger partial charge in [0.05, 0.1) is 25.4 Å². The van der Waals surface area contributed by atoms with Gasteiger partial charge in [-0.15, -0.1) is 0 Å². The lowest BCUT2D eigenvalue weighted by molar-refractivity contribution is -0.00532. The number of morpholine rings is 1. The first-order valence-corrected chi connectivity index (χ1v) is 8.75. The summed E-state index contributed by atoms with van der Waals surface area (Å²) in [5.41, 5.74) is 2.03. The van der Waals surface area contributed by atoms with Gasteiger partial charge in [-0.1, -0.05) is 25.1 Å². The van der Waals surface area contributed by atoms with E-state index >= 15 is 0 Å². The number of aliphatic hydroxyl groups is 2. The molecule has 1 saturated heterocycles. The van der Waals surface area contributed by atoms with Gasteiger partial charge in [-0.25, -0.2) is 0 Å². The maximum absolute atomic E-state index is 9.51. The van der Waals surface area contributed by atoms with Crippen molar-refractivity contribution in [2.75, 3.05) is 44.8 Å². The van der Waals surface area contributed by atoms with Crippen LogP contribution in [0.1, 0.15) is 26.3 Å². The molecule has 136 valence electrons. The van der Waals surface area contributed by atoms with Gasteiger partial charge >= 0.3 is 0 Å². The number of benzene rings is 1. The van der Waals surface area contributed by atoms with Crippen LogP contribution in [0.5, 0.6) is 0 Å². The van der Waals surface area contributed by atoms with Crippen LogP contribution in [0.3, 0.4) is 0 Å². The molecule has 5 nitrogen and oxygen atoms in total. The Kier molecular flexibility index (Phi) is 6.63. The highest BCUT2D eigenvalue weighted by Gasteiger charge is 2.26. The molecule has 0 saturated carbocycles. The van der Waals surface area contributed by atoms with E-state index in [1.807, 2.05) is 14.0 Å². The van der Waals surface area contributed by atoms with E-state index < -0.39 is 5.41 Å². The van der Waals surface area contributed by atoms with E-state index in [0.29, 0.717) is 6.54 Å². The second kappa shape index (κ2) is 8.30. The lowest BCUT2D eigenvalue weighted by Gasteiger charge is -2.38. The lowest BCUT2D eigenvalue weighted by atomic mass is 9.92. The van der Waals surface area contributed by atoms with Crippen molar-refractivity contribution in [2.45, 2.75) is 39.5 Å². The fourth-order valence-electron chi connectivity index (χ4n) is 3.48. The van der Waals surface area contributed by atoms with Crippen molar-refractivity contribution in [3.8, 4) is 0 Å². The van der Waals surface area contributed by atoms with Crippen molar-refractivity contribution in [1.82, 2.24) is 4.90 Å². The minimum Gasteiger partial charge on any atom is -0.396 e. The third-order valence-electron chi connectivity index (χ3n) is 4.61. The highest BCUT2D eigenvalue weighted by Crippen LogP contribution is 2.26. The molecule has 0 amide bonds. The van der Waals surface area contributed by atoms with Crippen LogP contribution in [0, 0.1) is 5.41 Å². The van der Waals surface area contributed by atoms with Crippen LogP contribution >= 0.6 is 0 Å². The summed E-state index contributed by atoms with van der Waals surface area (Å²) in [5, 5.41) is 19.0. The molecule has 1 aromatic carbocycles. The van der Waals surface area contributed by atoms with Crippen molar-refractivity contribution >= 4 is 5.69 Å². The van der Waals surface area contributed by atoms with E-state index in [1.54, 1.807) is 0 Å². The van der Waals surface area contributed by atoms with Gasteiger partial charge in [0.1, 0.15) is 0 Å². The minimum absolute atomic E-state index is 0.0199. The molecule has 2 N–H and O–H groups in total. The number of anilines is 1. The maximum atomic E-state index is 9.51. The Morgan fingerprint density at radius 1 is 1.17 bits per heavy atom. The largest absolute Gasteiger partial charge is 0.396 e. The average molecular weight is 336 g/mol. The molecule has 5 heteroatoms. The molecule has 2 atom stereocenters. The quantitative estimate of drug-likeness (QED) is 0.794.